The summed E-state index contributed by atoms with van der Waals surface area (Å²) < 4.78 is 40.2. The molecule has 3 heterocycles. The molecular formula is C22H28N6O9. The standard InChI is InChI=1S/C22H28N6O9/c1-3-12-16(30)19(20(34-12)26-28-24)37-22-15(25-27-23)18(32-10-14(29)31-2)17-13(35-22)9-33-21(36-17)11-7-5-4-6-8-11/h4-8,12-13,15-22,30H,3,9-10H2,1-2H3/t12-,13?,15?,16-,17-,18-,19?,20?,21?,22?/m1/s1. The highest BCUT2D eigenvalue weighted by Gasteiger charge is 2.53. The molecule has 10 atom stereocenters. The average molecular weight is 520 g/mol. The second-order valence-corrected chi connectivity index (χ2v) is 8.54. The molecule has 3 aliphatic rings. The van der Waals surface area contributed by atoms with Crippen LogP contribution in [-0.2, 0) is 38.0 Å². The third kappa shape index (κ3) is 5.96. The minimum Gasteiger partial charge on any atom is -0.467 e. The van der Waals surface area contributed by atoms with E-state index in [2.05, 4.69) is 24.8 Å². The van der Waals surface area contributed by atoms with Gasteiger partial charge in [-0.25, -0.2) is 4.79 Å². The Morgan fingerprint density at radius 2 is 1.89 bits per heavy atom. The number of nitrogens with zero attached hydrogens (tertiary/aromatic N) is 6. The molecule has 3 saturated heterocycles. The Balaban J connectivity index is 1.61. The first-order valence-electron chi connectivity index (χ1n) is 11.7. The van der Waals surface area contributed by atoms with Crippen molar-refractivity contribution >= 4 is 5.97 Å². The van der Waals surface area contributed by atoms with Crippen LogP contribution < -0.4 is 0 Å². The molecule has 200 valence electrons. The highest BCUT2D eigenvalue weighted by molar-refractivity contribution is 5.70. The average Bonchev–Trinajstić information content (AvgIpc) is 3.22. The van der Waals surface area contributed by atoms with E-state index in [1.54, 1.807) is 6.92 Å². The van der Waals surface area contributed by atoms with Crippen LogP contribution in [0.4, 0.5) is 0 Å². The van der Waals surface area contributed by atoms with Crippen molar-refractivity contribution in [2.24, 2.45) is 10.2 Å². The van der Waals surface area contributed by atoms with Crippen LogP contribution in [0.3, 0.4) is 0 Å². The zero-order valence-corrected chi connectivity index (χ0v) is 20.2. The minimum absolute atomic E-state index is 0.0617. The van der Waals surface area contributed by atoms with Crippen molar-refractivity contribution in [1.29, 1.82) is 0 Å². The van der Waals surface area contributed by atoms with E-state index in [1.807, 2.05) is 30.3 Å². The molecule has 15 nitrogen and oxygen atoms in total. The zero-order valence-electron chi connectivity index (χ0n) is 20.2. The zero-order chi connectivity index (χ0) is 26.4. The molecule has 0 spiro atoms. The molecule has 0 amide bonds. The van der Waals surface area contributed by atoms with Gasteiger partial charge >= 0.3 is 5.97 Å². The topological polar surface area (TPSA) is 199 Å². The molecule has 0 radical (unpaired) electrons. The fourth-order valence-electron chi connectivity index (χ4n) is 4.55. The van der Waals surface area contributed by atoms with E-state index >= 15 is 0 Å². The van der Waals surface area contributed by atoms with Crippen LogP contribution in [0.2, 0.25) is 0 Å². The molecule has 0 bridgehead atoms. The van der Waals surface area contributed by atoms with E-state index in [0.717, 1.165) is 5.56 Å². The first-order valence-corrected chi connectivity index (χ1v) is 11.7. The predicted octanol–water partition coefficient (Wildman–Crippen LogP) is 2.25. The Labute approximate surface area is 211 Å². The lowest BCUT2D eigenvalue weighted by Gasteiger charge is -2.48. The van der Waals surface area contributed by atoms with Gasteiger partial charge in [0, 0.05) is 15.4 Å². The summed E-state index contributed by atoms with van der Waals surface area (Å²) in [6.07, 6.45) is -8.26. The lowest BCUT2D eigenvalue weighted by atomic mass is 9.95. The second kappa shape index (κ2) is 12.5. The van der Waals surface area contributed by atoms with E-state index in [4.69, 9.17) is 34.0 Å². The van der Waals surface area contributed by atoms with E-state index in [1.165, 1.54) is 7.11 Å². The van der Waals surface area contributed by atoms with Gasteiger partial charge in [-0.2, -0.15) is 0 Å². The SMILES string of the molecule is CC[C@H]1OC(N=[N+]=[N-])C(OC2OC3COC(c4ccccc4)O[C@H]3[C@H](OCC(=O)OC)C2N=[N+]=[N-])[C@@H]1O. The van der Waals surface area contributed by atoms with Gasteiger partial charge < -0.3 is 38.3 Å². The van der Waals surface area contributed by atoms with Gasteiger partial charge in [-0.15, -0.1) is 0 Å². The van der Waals surface area contributed by atoms with E-state index < -0.39 is 74.0 Å². The number of fused-ring (bicyclic) bond motifs is 1. The molecule has 3 fully saturated rings. The lowest BCUT2D eigenvalue weighted by molar-refractivity contribution is -0.352. The summed E-state index contributed by atoms with van der Waals surface area (Å²) in [6, 6.07) is 8.03. The number of carbonyl (C=O) groups is 1. The maximum absolute atomic E-state index is 11.9. The number of aliphatic hydroxyl groups is 1. The first kappa shape index (κ1) is 27.1. The summed E-state index contributed by atoms with van der Waals surface area (Å²) in [5.74, 6) is -0.652. The largest absolute Gasteiger partial charge is 0.467 e. The van der Waals surface area contributed by atoms with Crippen LogP contribution in [0, 0.1) is 0 Å². The van der Waals surface area contributed by atoms with Crippen LogP contribution in [0.25, 0.3) is 20.9 Å². The number of hydrogen-bond donors (Lipinski definition) is 1. The quantitative estimate of drug-likeness (QED) is 0.219. The van der Waals surface area contributed by atoms with Crippen molar-refractivity contribution in [3.63, 3.8) is 0 Å². The Hall–Kier alpha value is -2.97. The summed E-state index contributed by atoms with van der Waals surface area (Å²) in [5, 5.41) is 18.1. The lowest BCUT2D eigenvalue weighted by Crippen LogP contribution is -2.63. The van der Waals surface area contributed by atoms with Crippen LogP contribution in [0.1, 0.15) is 25.2 Å². The van der Waals surface area contributed by atoms with Crippen LogP contribution in [0.15, 0.2) is 40.6 Å². The number of ether oxygens (including phenoxy) is 7. The van der Waals surface area contributed by atoms with Crippen molar-refractivity contribution in [1.82, 2.24) is 0 Å². The maximum Gasteiger partial charge on any atom is 0.331 e. The van der Waals surface area contributed by atoms with E-state index in [0.29, 0.717) is 6.42 Å². The Morgan fingerprint density at radius 3 is 2.57 bits per heavy atom. The molecule has 1 aromatic carbocycles. The number of azide groups is 2. The van der Waals surface area contributed by atoms with Gasteiger partial charge in [0.1, 0.15) is 43.2 Å². The Morgan fingerprint density at radius 1 is 1.14 bits per heavy atom. The van der Waals surface area contributed by atoms with Crippen LogP contribution in [-0.4, -0.2) is 86.6 Å². The smallest absolute Gasteiger partial charge is 0.331 e. The monoisotopic (exact) mass is 520 g/mol. The van der Waals surface area contributed by atoms with Gasteiger partial charge in [0.05, 0.1) is 19.8 Å². The third-order valence-corrected chi connectivity index (χ3v) is 6.36. The highest BCUT2D eigenvalue weighted by Crippen LogP contribution is 2.38. The van der Waals surface area contributed by atoms with Crippen molar-refractivity contribution < 1.29 is 43.1 Å². The van der Waals surface area contributed by atoms with Gasteiger partial charge in [0.15, 0.2) is 18.8 Å². The van der Waals surface area contributed by atoms with Crippen molar-refractivity contribution in [3.8, 4) is 0 Å². The number of rotatable bonds is 9. The van der Waals surface area contributed by atoms with Gasteiger partial charge in [-0.1, -0.05) is 47.5 Å². The molecule has 0 aliphatic carbocycles. The number of methoxy groups -OCH3 is 1. The molecule has 1 N–H and O–H groups in total. The maximum atomic E-state index is 11.9. The molecule has 0 aromatic heterocycles. The normalized spacial score (nSPS) is 37.1. The summed E-state index contributed by atoms with van der Waals surface area (Å²) in [4.78, 5) is 17.6. The molecule has 4 rings (SSSR count). The summed E-state index contributed by atoms with van der Waals surface area (Å²) in [5.41, 5.74) is 19.0. The van der Waals surface area contributed by atoms with E-state index in [-0.39, 0.29) is 6.61 Å². The molecular weight excluding hydrogens is 492 g/mol. The second-order valence-electron chi connectivity index (χ2n) is 8.54. The summed E-state index contributed by atoms with van der Waals surface area (Å²) >= 11 is 0. The fourth-order valence-corrected chi connectivity index (χ4v) is 4.55. The fraction of sp³-hybridized carbons (Fsp3) is 0.682. The van der Waals surface area contributed by atoms with Crippen LogP contribution in [0.5, 0.6) is 0 Å². The van der Waals surface area contributed by atoms with Crippen LogP contribution >= 0.6 is 0 Å². The third-order valence-electron chi connectivity index (χ3n) is 6.36. The van der Waals surface area contributed by atoms with Gasteiger partial charge in [-0.05, 0) is 17.5 Å². The minimum atomic E-state index is -1.28. The summed E-state index contributed by atoms with van der Waals surface area (Å²) in [6.45, 7) is 1.40. The molecule has 1 aromatic rings. The number of aliphatic hydroxyl groups excluding tert-OH is 1. The molecule has 0 saturated carbocycles. The van der Waals surface area contributed by atoms with Crippen molar-refractivity contribution in [2.75, 3.05) is 20.3 Å². The molecule has 15 heteroatoms. The first-order chi connectivity index (χ1) is 18.0. The number of benzene rings is 1. The van der Waals surface area contributed by atoms with Gasteiger partial charge in [0.2, 0.25) is 0 Å². The number of hydrogen-bond acceptors (Lipinski definition) is 11. The highest BCUT2D eigenvalue weighted by atomic mass is 16.8. The van der Waals surface area contributed by atoms with Gasteiger partial charge in [-0.3, -0.25) is 0 Å². The van der Waals surface area contributed by atoms with E-state index in [9.17, 15) is 15.4 Å². The number of esters is 1. The van der Waals surface area contributed by atoms with Crippen molar-refractivity contribution in [2.45, 2.75) is 74.8 Å². The molecule has 6 unspecified atom stereocenters. The predicted molar refractivity (Wildman–Crippen MR) is 122 cm³/mol. The van der Waals surface area contributed by atoms with Gasteiger partial charge in [0.25, 0.3) is 0 Å². The summed E-state index contributed by atoms with van der Waals surface area (Å²) in [7, 11) is 1.22. The Bertz CT molecular complexity index is 1020. The molecule has 37 heavy (non-hydrogen) atoms. The number of carbonyl (C=O) groups excluding carboxylic acids is 1. The Kier molecular flexibility index (Phi) is 9.16. The van der Waals surface area contributed by atoms with Crippen molar-refractivity contribution in [3.05, 3.63) is 56.8 Å². The molecule has 3 aliphatic heterocycles.